The zero-order valence-corrected chi connectivity index (χ0v) is 17.5. The van der Waals surface area contributed by atoms with Gasteiger partial charge >= 0.3 is 0 Å². The smallest absolute Gasteiger partial charge is 0.254 e. The molecule has 3 aliphatic rings. The Labute approximate surface area is 177 Å². The van der Waals surface area contributed by atoms with E-state index >= 15 is 0 Å². The molecule has 2 saturated heterocycles. The predicted octanol–water partition coefficient (Wildman–Crippen LogP) is 4.12. The van der Waals surface area contributed by atoms with E-state index in [1.807, 2.05) is 53.4 Å². The summed E-state index contributed by atoms with van der Waals surface area (Å²) in [6.45, 7) is 1.51. The maximum Gasteiger partial charge on any atom is 0.254 e. The van der Waals surface area contributed by atoms with Crippen LogP contribution in [0.1, 0.15) is 48.9 Å². The zero-order chi connectivity index (χ0) is 20.7. The number of ether oxygens (including phenoxy) is 1. The first-order valence-electron chi connectivity index (χ1n) is 11.0. The van der Waals surface area contributed by atoms with Crippen LogP contribution in [-0.4, -0.2) is 53.4 Å². The van der Waals surface area contributed by atoms with Crippen molar-refractivity contribution in [3.8, 4) is 16.9 Å². The predicted molar refractivity (Wildman–Crippen MR) is 115 cm³/mol. The Hall–Kier alpha value is -2.82. The third-order valence-electron chi connectivity index (χ3n) is 6.88. The van der Waals surface area contributed by atoms with Gasteiger partial charge < -0.3 is 14.5 Å². The number of hydrogen-bond donors (Lipinski definition) is 0. The van der Waals surface area contributed by atoms with E-state index in [-0.39, 0.29) is 11.8 Å². The molecule has 0 aromatic heterocycles. The number of hydrogen-bond acceptors (Lipinski definition) is 3. The summed E-state index contributed by atoms with van der Waals surface area (Å²) in [5, 5.41) is 0. The highest BCUT2D eigenvalue weighted by Gasteiger charge is 2.54. The highest BCUT2D eigenvalue weighted by atomic mass is 16.5. The Morgan fingerprint density at radius 2 is 1.70 bits per heavy atom. The third kappa shape index (κ3) is 3.17. The highest BCUT2D eigenvalue weighted by Crippen LogP contribution is 2.42. The molecule has 1 atom stereocenters. The van der Waals surface area contributed by atoms with Crippen molar-refractivity contribution in [3.63, 3.8) is 0 Å². The van der Waals surface area contributed by atoms with Crippen LogP contribution in [0.2, 0.25) is 0 Å². The molecule has 2 heterocycles. The number of rotatable bonds is 4. The van der Waals surface area contributed by atoms with Crippen LogP contribution >= 0.6 is 0 Å². The minimum atomic E-state index is -0.635. The molecule has 1 unspecified atom stereocenters. The zero-order valence-electron chi connectivity index (χ0n) is 17.5. The van der Waals surface area contributed by atoms with Gasteiger partial charge in [-0.3, -0.25) is 9.59 Å². The Morgan fingerprint density at radius 1 is 1.00 bits per heavy atom. The molecular formula is C25H28N2O3. The summed E-state index contributed by atoms with van der Waals surface area (Å²) in [4.78, 5) is 31.0. The average Bonchev–Trinajstić information content (AvgIpc) is 3.55. The summed E-state index contributed by atoms with van der Waals surface area (Å²) in [6, 6.07) is 16.0. The summed E-state index contributed by atoms with van der Waals surface area (Å²) in [7, 11) is 1.65. The second-order valence-corrected chi connectivity index (χ2v) is 8.74. The van der Waals surface area contributed by atoms with Gasteiger partial charge in [-0.25, -0.2) is 0 Å². The quantitative estimate of drug-likeness (QED) is 0.770. The van der Waals surface area contributed by atoms with Gasteiger partial charge in [-0.2, -0.15) is 0 Å². The van der Waals surface area contributed by atoms with E-state index in [1.54, 1.807) is 7.11 Å². The van der Waals surface area contributed by atoms with Crippen LogP contribution in [0.25, 0.3) is 11.1 Å². The Kier molecular flexibility index (Phi) is 4.76. The molecule has 5 heteroatoms. The van der Waals surface area contributed by atoms with E-state index in [9.17, 15) is 9.59 Å². The van der Waals surface area contributed by atoms with Gasteiger partial charge in [0, 0.05) is 24.7 Å². The molecule has 2 amide bonds. The molecule has 1 saturated carbocycles. The lowest BCUT2D eigenvalue weighted by molar-refractivity contribution is -0.146. The Bertz CT molecular complexity index is 984. The fourth-order valence-corrected chi connectivity index (χ4v) is 5.20. The molecule has 0 radical (unpaired) electrons. The summed E-state index contributed by atoms with van der Waals surface area (Å²) < 4.78 is 5.34. The van der Waals surface area contributed by atoms with E-state index < -0.39 is 5.54 Å². The number of piperidine rings is 1. The molecule has 1 spiro atoms. The van der Waals surface area contributed by atoms with Crippen LogP contribution in [0.5, 0.6) is 5.75 Å². The SMILES string of the molecule is COc1cccc(-c2cccc(C(=O)N3CCCC34CCCN(C3CC3)C4=O)c2)c1. The molecule has 3 fully saturated rings. The van der Waals surface area contributed by atoms with Gasteiger partial charge in [0.05, 0.1) is 7.11 Å². The van der Waals surface area contributed by atoms with Gasteiger partial charge in [0.1, 0.15) is 11.3 Å². The minimum absolute atomic E-state index is 0.0248. The number of likely N-dealkylation sites (tertiary alicyclic amines) is 2. The van der Waals surface area contributed by atoms with Gasteiger partial charge in [0.25, 0.3) is 5.91 Å². The Morgan fingerprint density at radius 3 is 2.43 bits per heavy atom. The van der Waals surface area contributed by atoms with Gasteiger partial charge in [-0.05, 0) is 73.9 Å². The summed E-state index contributed by atoms with van der Waals surface area (Å²) in [6.07, 6.45) is 5.67. The highest BCUT2D eigenvalue weighted by molar-refractivity contribution is 6.01. The van der Waals surface area contributed by atoms with Crippen molar-refractivity contribution in [2.75, 3.05) is 20.2 Å². The first kappa shape index (κ1) is 19.2. The number of benzene rings is 2. The molecule has 5 nitrogen and oxygen atoms in total. The van der Waals surface area contributed by atoms with Crippen LogP contribution in [0.4, 0.5) is 0 Å². The van der Waals surface area contributed by atoms with Gasteiger partial charge in [0.15, 0.2) is 0 Å². The molecule has 0 bridgehead atoms. The maximum atomic E-state index is 13.6. The first-order valence-corrected chi connectivity index (χ1v) is 11.0. The van der Waals surface area contributed by atoms with E-state index in [0.29, 0.717) is 18.2 Å². The lowest BCUT2D eigenvalue weighted by Crippen LogP contribution is -2.61. The standard InChI is InChI=1S/C25H28N2O3/c1-30-22-9-3-7-19(17-22)18-6-2-8-20(16-18)23(28)27-15-5-13-25(27)12-4-14-26(24(25)29)21-10-11-21/h2-3,6-9,16-17,21H,4-5,10-15H2,1H3. The molecule has 2 aromatic carbocycles. The Balaban J connectivity index is 1.44. The summed E-state index contributed by atoms with van der Waals surface area (Å²) >= 11 is 0. The van der Waals surface area contributed by atoms with Crippen LogP contribution in [0.3, 0.4) is 0 Å². The van der Waals surface area contributed by atoms with Crippen LogP contribution in [0.15, 0.2) is 48.5 Å². The second kappa shape index (κ2) is 7.46. The maximum absolute atomic E-state index is 13.6. The molecule has 156 valence electrons. The molecule has 2 aromatic rings. The van der Waals surface area contributed by atoms with Crippen molar-refractivity contribution in [1.82, 2.24) is 9.80 Å². The minimum Gasteiger partial charge on any atom is -0.497 e. The molecule has 5 rings (SSSR count). The first-order chi connectivity index (χ1) is 14.6. The number of carbonyl (C=O) groups is 2. The summed E-state index contributed by atoms with van der Waals surface area (Å²) in [5.74, 6) is 0.949. The fraction of sp³-hybridized carbons (Fsp3) is 0.440. The van der Waals surface area contributed by atoms with Crippen molar-refractivity contribution in [2.24, 2.45) is 0 Å². The molecule has 2 aliphatic heterocycles. The van der Waals surface area contributed by atoms with Crippen LogP contribution < -0.4 is 4.74 Å². The fourth-order valence-electron chi connectivity index (χ4n) is 5.20. The average molecular weight is 405 g/mol. The van der Waals surface area contributed by atoms with Gasteiger partial charge in [-0.15, -0.1) is 0 Å². The normalized spacial score (nSPS) is 23.8. The van der Waals surface area contributed by atoms with Crippen LogP contribution in [-0.2, 0) is 4.79 Å². The van der Waals surface area contributed by atoms with E-state index in [2.05, 4.69) is 4.90 Å². The van der Waals surface area contributed by atoms with Crippen molar-refractivity contribution < 1.29 is 14.3 Å². The second-order valence-electron chi connectivity index (χ2n) is 8.74. The van der Waals surface area contributed by atoms with Gasteiger partial charge in [-0.1, -0.05) is 24.3 Å². The van der Waals surface area contributed by atoms with E-state index in [1.165, 1.54) is 0 Å². The van der Waals surface area contributed by atoms with E-state index in [4.69, 9.17) is 4.74 Å². The third-order valence-corrected chi connectivity index (χ3v) is 6.88. The van der Waals surface area contributed by atoms with Crippen molar-refractivity contribution in [3.05, 3.63) is 54.1 Å². The van der Waals surface area contributed by atoms with Crippen molar-refractivity contribution in [1.29, 1.82) is 0 Å². The topological polar surface area (TPSA) is 49.9 Å². The number of nitrogens with zero attached hydrogens (tertiary/aromatic N) is 2. The van der Waals surface area contributed by atoms with Gasteiger partial charge in [0.2, 0.25) is 5.91 Å². The largest absolute Gasteiger partial charge is 0.497 e. The molecule has 0 N–H and O–H groups in total. The monoisotopic (exact) mass is 404 g/mol. The molecule has 1 aliphatic carbocycles. The van der Waals surface area contributed by atoms with Crippen LogP contribution in [0, 0.1) is 0 Å². The lowest BCUT2D eigenvalue weighted by atomic mass is 9.84. The van der Waals surface area contributed by atoms with Crippen molar-refractivity contribution in [2.45, 2.75) is 50.1 Å². The number of methoxy groups -OCH3 is 1. The number of carbonyl (C=O) groups excluding carboxylic acids is 2. The summed E-state index contributed by atoms with van der Waals surface area (Å²) in [5.41, 5.74) is 1.99. The van der Waals surface area contributed by atoms with E-state index in [0.717, 1.165) is 61.9 Å². The molecule has 30 heavy (non-hydrogen) atoms. The lowest BCUT2D eigenvalue weighted by Gasteiger charge is -2.44. The molecular weight excluding hydrogens is 376 g/mol. The van der Waals surface area contributed by atoms with Crippen molar-refractivity contribution >= 4 is 11.8 Å². The number of amides is 2.